The molecule has 0 radical (unpaired) electrons. The van der Waals surface area contributed by atoms with E-state index in [4.69, 9.17) is 14.0 Å². The molecule has 0 fully saturated rings. The number of nitrogens with one attached hydrogen (secondary N) is 1. The maximum Gasteiger partial charge on any atom is 0.360 e. The molecule has 3 aromatic carbocycles. The summed E-state index contributed by atoms with van der Waals surface area (Å²) in [7, 11) is 0. The molecule has 40 heavy (non-hydrogen) atoms. The summed E-state index contributed by atoms with van der Waals surface area (Å²) in [5.74, 6) is -0.682. The maximum absolute atomic E-state index is 13.6. The standard InChI is InChI=1S/C31H30F2N2O5/c1-5-38-29(36)28-26(19(2)40-35-28)18-39-25-16-10-22(11-17-25)31(3,4)30(37)34-27(20-6-12-23(32)13-7-20)21-8-14-24(33)15-9-21/h6-17,27H,5,18H2,1-4H3,(H,34,37). The molecule has 0 aliphatic carbocycles. The number of aryl methyl sites for hydroxylation is 1. The second-order valence-corrected chi connectivity index (χ2v) is 9.73. The molecule has 7 nitrogen and oxygen atoms in total. The smallest absolute Gasteiger partial charge is 0.360 e. The average Bonchev–Trinajstić information content (AvgIpc) is 3.32. The second kappa shape index (κ2) is 12.1. The summed E-state index contributed by atoms with van der Waals surface area (Å²) in [6, 6.07) is 18.1. The van der Waals surface area contributed by atoms with E-state index in [9.17, 15) is 18.4 Å². The SMILES string of the molecule is CCOC(=O)c1noc(C)c1COc1ccc(C(C)(C)C(=O)NC(c2ccc(F)cc2)c2ccc(F)cc2)cc1. The highest BCUT2D eigenvalue weighted by Crippen LogP contribution is 2.30. The first-order valence-corrected chi connectivity index (χ1v) is 12.8. The minimum Gasteiger partial charge on any atom is -0.489 e. The van der Waals surface area contributed by atoms with Crippen molar-refractivity contribution < 1.29 is 32.4 Å². The molecule has 0 aliphatic rings. The van der Waals surface area contributed by atoms with Crippen LogP contribution in [0.25, 0.3) is 0 Å². The van der Waals surface area contributed by atoms with Gasteiger partial charge in [0.05, 0.1) is 23.6 Å². The molecule has 0 atom stereocenters. The largest absolute Gasteiger partial charge is 0.489 e. The minimum atomic E-state index is -0.959. The van der Waals surface area contributed by atoms with Gasteiger partial charge < -0.3 is 19.3 Å². The van der Waals surface area contributed by atoms with E-state index in [-0.39, 0.29) is 24.8 Å². The van der Waals surface area contributed by atoms with Gasteiger partial charge in [-0.2, -0.15) is 0 Å². The number of ether oxygens (including phenoxy) is 2. The van der Waals surface area contributed by atoms with Crippen molar-refractivity contribution in [2.75, 3.05) is 6.61 Å². The van der Waals surface area contributed by atoms with Crippen LogP contribution in [0.15, 0.2) is 77.3 Å². The minimum absolute atomic E-state index is 0.0454. The summed E-state index contributed by atoms with van der Waals surface area (Å²) in [6.45, 7) is 7.22. The van der Waals surface area contributed by atoms with Crippen LogP contribution in [-0.2, 0) is 21.6 Å². The van der Waals surface area contributed by atoms with E-state index < -0.39 is 29.1 Å². The van der Waals surface area contributed by atoms with Crippen molar-refractivity contribution in [1.29, 1.82) is 0 Å². The lowest BCUT2D eigenvalue weighted by atomic mass is 9.83. The van der Waals surface area contributed by atoms with Gasteiger partial charge in [0.25, 0.3) is 0 Å². The number of carbonyl (C=O) groups is 2. The normalized spacial score (nSPS) is 11.4. The number of hydrogen-bond donors (Lipinski definition) is 1. The summed E-state index contributed by atoms with van der Waals surface area (Å²) in [6.07, 6.45) is 0. The summed E-state index contributed by atoms with van der Waals surface area (Å²) in [4.78, 5) is 25.7. The quantitative estimate of drug-likeness (QED) is 0.237. The van der Waals surface area contributed by atoms with Crippen LogP contribution in [0.5, 0.6) is 5.75 Å². The zero-order chi connectivity index (χ0) is 28.9. The van der Waals surface area contributed by atoms with Crippen molar-refractivity contribution in [2.45, 2.75) is 45.8 Å². The predicted molar refractivity (Wildman–Crippen MR) is 144 cm³/mol. The van der Waals surface area contributed by atoms with Crippen molar-refractivity contribution in [3.8, 4) is 5.75 Å². The highest BCUT2D eigenvalue weighted by atomic mass is 19.1. The Hall–Kier alpha value is -4.53. The van der Waals surface area contributed by atoms with Crippen LogP contribution in [0, 0.1) is 18.6 Å². The van der Waals surface area contributed by atoms with Crippen LogP contribution < -0.4 is 10.1 Å². The van der Waals surface area contributed by atoms with Gasteiger partial charge >= 0.3 is 5.97 Å². The van der Waals surface area contributed by atoms with Gasteiger partial charge in [-0.3, -0.25) is 4.79 Å². The summed E-state index contributed by atoms with van der Waals surface area (Å²) in [5.41, 5.74) is 1.65. The van der Waals surface area contributed by atoms with Gasteiger partial charge in [-0.25, -0.2) is 13.6 Å². The van der Waals surface area contributed by atoms with Crippen LogP contribution in [0.1, 0.15) is 65.3 Å². The van der Waals surface area contributed by atoms with E-state index >= 15 is 0 Å². The van der Waals surface area contributed by atoms with Crippen LogP contribution in [0.4, 0.5) is 8.78 Å². The molecule has 4 aromatic rings. The molecule has 1 heterocycles. The molecular formula is C31H30F2N2O5. The Kier molecular flexibility index (Phi) is 8.62. The number of rotatable bonds is 10. The third-order valence-electron chi connectivity index (χ3n) is 6.66. The van der Waals surface area contributed by atoms with E-state index in [2.05, 4.69) is 10.5 Å². The molecule has 1 aromatic heterocycles. The molecular weight excluding hydrogens is 518 g/mol. The fourth-order valence-electron chi connectivity index (χ4n) is 4.16. The highest BCUT2D eigenvalue weighted by Gasteiger charge is 2.32. The summed E-state index contributed by atoms with van der Waals surface area (Å²) >= 11 is 0. The monoisotopic (exact) mass is 548 g/mol. The Balaban J connectivity index is 1.49. The molecule has 1 amide bonds. The molecule has 0 spiro atoms. The van der Waals surface area contributed by atoms with Crippen molar-refractivity contribution >= 4 is 11.9 Å². The fourth-order valence-corrected chi connectivity index (χ4v) is 4.16. The zero-order valence-electron chi connectivity index (χ0n) is 22.7. The lowest BCUT2D eigenvalue weighted by Gasteiger charge is -2.28. The molecule has 208 valence electrons. The van der Waals surface area contributed by atoms with Crippen LogP contribution in [-0.4, -0.2) is 23.6 Å². The molecule has 0 aliphatic heterocycles. The molecule has 1 N–H and O–H groups in total. The Morgan fingerprint density at radius 1 is 0.925 bits per heavy atom. The van der Waals surface area contributed by atoms with Gasteiger partial charge in [0, 0.05) is 0 Å². The van der Waals surface area contributed by atoms with Gasteiger partial charge in [-0.05, 0) is 80.8 Å². The lowest BCUT2D eigenvalue weighted by molar-refractivity contribution is -0.126. The molecule has 0 bridgehead atoms. The first-order chi connectivity index (χ1) is 19.1. The maximum atomic E-state index is 13.6. The van der Waals surface area contributed by atoms with Gasteiger partial charge in [-0.15, -0.1) is 0 Å². The van der Waals surface area contributed by atoms with Crippen molar-refractivity contribution in [1.82, 2.24) is 10.5 Å². The predicted octanol–water partition coefficient (Wildman–Crippen LogP) is 6.20. The van der Waals surface area contributed by atoms with E-state index in [1.54, 1.807) is 76.2 Å². The number of esters is 1. The number of halogens is 2. The van der Waals surface area contributed by atoms with E-state index in [1.165, 1.54) is 24.3 Å². The van der Waals surface area contributed by atoms with E-state index in [0.717, 1.165) is 5.56 Å². The second-order valence-electron chi connectivity index (χ2n) is 9.73. The Labute approximate surface area is 231 Å². The van der Waals surface area contributed by atoms with Gasteiger partial charge in [0.2, 0.25) is 5.91 Å². The molecule has 0 saturated heterocycles. The van der Waals surface area contributed by atoms with E-state index in [1.807, 2.05) is 0 Å². The number of carbonyl (C=O) groups excluding carboxylic acids is 2. The number of nitrogens with zero attached hydrogens (tertiary/aromatic N) is 1. The number of benzene rings is 3. The number of aromatic nitrogens is 1. The number of amides is 1. The first-order valence-electron chi connectivity index (χ1n) is 12.8. The lowest BCUT2D eigenvalue weighted by Crippen LogP contribution is -2.42. The molecule has 0 unspecified atom stereocenters. The average molecular weight is 549 g/mol. The third kappa shape index (κ3) is 6.36. The molecule has 4 rings (SSSR count). The van der Waals surface area contributed by atoms with Crippen LogP contribution >= 0.6 is 0 Å². The third-order valence-corrected chi connectivity index (χ3v) is 6.66. The Morgan fingerprint density at radius 2 is 1.48 bits per heavy atom. The van der Waals surface area contributed by atoms with E-state index in [0.29, 0.717) is 28.2 Å². The Morgan fingerprint density at radius 3 is 2.00 bits per heavy atom. The van der Waals surface area contributed by atoms with Gasteiger partial charge in [0.15, 0.2) is 5.69 Å². The fraction of sp³-hybridized carbons (Fsp3) is 0.258. The van der Waals surface area contributed by atoms with Crippen molar-refractivity contribution in [3.05, 3.63) is 118 Å². The zero-order valence-corrected chi connectivity index (χ0v) is 22.7. The molecule has 9 heteroatoms. The van der Waals surface area contributed by atoms with Gasteiger partial charge in [0.1, 0.15) is 29.8 Å². The van der Waals surface area contributed by atoms with Crippen LogP contribution in [0.3, 0.4) is 0 Å². The first kappa shape index (κ1) is 28.5. The van der Waals surface area contributed by atoms with Crippen molar-refractivity contribution in [3.63, 3.8) is 0 Å². The summed E-state index contributed by atoms with van der Waals surface area (Å²) < 4.78 is 43.2. The highest BCUT2D eigenvalue weighted by molar-refractivity contribution is 5.89. The van der Waals surface area contributed by atoms with Gasteiger partial charge in [-0.1, -0.05) is 41.6 Å². The Bertz CT molecular complexity index is 1420. The topological polar surface area (TPSA) is 90.7 Å². The molecule has 0 saturated carbocycles. The summed E-state index contributed by atoms with van der Waals surface area (Å²) in [5, 5.41) is 6.82. The van der Waals surface area contributed by atoms with Crippen LogP contribution in [0.2, 0.25) is 0 Å². The van der Waals surface area contributed by atoms with Crippen molar-refractivity contribution in [2.24, 2.45) is 0 Å². The number of hydrogen-bond acceptors (Lipinski definition) is 6.